The van der Waals surface area contributed by atoms with Gasteiger partial charge in [-0.25, -0.2) is 4.98 Å². The van der Waals surface area contributed by atoms with E-state index in [1.807, 2.05) is 50.2 Å². The van der Waals surface area contributed by atoms with Gasteiger partial charge in [0, 0.05) is 64.6 Å². The van der Waals surface area contributed by atoms with Crippen molar-refractivity contribution in [3.63, 3.8) is 0 Å². The van der Waals surface area contributed by atoms with Crippen LogP contribution in [0.5, 0.6) is 0 Å². The lowest BCUT2D eigenvalue weighted by atomic mass is 10.1. The van der Waals surface area contributed by atoms with Crippen molar-refractivity contribution in [1.82, 2.24) is 15.0 Å². The second-order valence-electron chi connectivity index (χ2n) is 7.65. The third-order valence-corrected chi connectivity index (χ3v) is 5.27. The number of anilines is 5. The number of hydrogen-bond donors (Lipinski definition) is 3. The third kappa shape index (κ3) is 6.24. The number of hydrogen-bond acceptors (Lipinski definition) is 7. The van der Waals surface area contributed by atoms with Crippen molar-refractivity contribution in [3.8, 4) is 6.07 Å². The minimum absolute atomic E-state index is 0.231. The summed E-state index contributed by atoms with van der Waals surface area (Å²) in [6, 6.07) is 23.7. The van der Waals surface area contributed by atoms with Gasteiger partial charge in [0.1, 0.15) is 5.82 Å². The molecular formula is C29H25N7O. The molecule has 3 N–H and O–H groups in total. The Balaban J connectivity index is 0.00000156. The summed E-state index contributed by atoms with van der Waals surface area (Å²) in [5.74, 6) is 0.378. The van der Waals surface area contributed by atoms with Gasteiger partial charge >= 0.3 is 0 Å². The van der Waals surface area contributed by atoms with Crippen LogP contribution in [0.15, 0.2) is 97.6 Å². The van der Waals surface area contributed by atoms with E-state index in [-0.39, 0.29) is 5.91 Å². The van der Waals surface area contributed by atoms with E-state index in [0.717, 1.165) is 28.0 Å². The van der Waals surface area contributed by atoms with E-state index in [9.17, 15) is 10.1 Å². The van der Waals surface area contributed by atoms with Crippen molar-refractivity contribution in [2.24, 2.45) is 0 Å². The molecule has 0 aliphatic carbocycles. The van der Waals surface area contributed by atoms with Crippen molar-refractivity contribution in [3.05, 3.63) is 109 Å². The van der Waals surface area contributed by atoms with Crippen LogP contribution >= 0.6 is 0 Å². The molecule has 8 nitrogen and oxygen atoms in total. The molecule has 37 heavy (non-hydrogen) atoms. The zero-order valence-electron chi connectivity index (χ0n) is 20.4. The van der Waals surface area contributed by atoms with Crippen LogP contribution in [0.2, 0.25) is 0 Å². The highest BCUT2D eigenvalue weighted by Gasteiger charge is 2.09. The van der Waals surface area contributed by atoms with Crippen LogP contribution < -0.4 is 16.0 Å². The summed E-state index contributed by atoms with van der Waals surface area (Å²) < 4.78 is 0. The molecule has 0 saturated heterocycles. The maximum absolute atomic E-state index is 12.8. The Morgan fingerprint density at radius 2 is 1.46 bits per heavy atom. The van der Waals surface area contributed by atoms with Gasteiger partial charge in [-0.3, -0.25) is 14.8 Å². The molecule has 1 amide bonds. The number of nitriles is 1. The summed E-state index contributed by atoms with van der Waals surface area (Å²) >= 11 is 0. The molecule has 0 aliphatic heterocycles. The molecule has 182 valence electrons. The summed E-state index contributed by atoms with van der Waals surface area (Å²) in [5, 5.41) is 19.5. The summed E-state index contributed by atoms with van der Waals surface area (Å²) in [6.45, 7) is 4.00. The summed E-state index contributed by atoms with van der Waals surface area (Å²) in [7, 11) is 0. The van der Waals surface area contributed by atoms with Crippen LogP contribution in [-0.4, -0.2) is 20.9 Å². The molecule has 0 radical (unpaired) electrons. The molecular weight excluding hydrogens is 462 g/mol. The van der Waals surface area contributed by atoms with Crippen molar-refractivity contribution < 1.29 is 4.79 Å². The van der Waals surface area contributed by atoms with Crippen LogP contribution in [0.4, 0.5) is 28.6 Å². The average molecular weight is 488 g/mol. The largest absolute Gasteiger partial charge is 0.355 e. The van der Waals surface area contributed by atoms with Crippen LogP contribution in [0, 0.1) is 11.3 Å². The van der Waals surface area contributed by atoms with Gasteiger partial charge in [-0.15, -0.1) is 0 Å². The van der Waals surface area contributed by atoms with Gasteiger partial charge < -0.3 is 16.0 Å². The van der Waals surface area contributed by atoms with E-state index in [2.05, 4.69) is 37.0 Å². The number of amides is 1. The zero-order chi connectivity index (χ0) is 26.0. The van der Waals surface area contributed by atoms with Gasteiger partial charge in [0.25, 0.3) is 5.91 Å². The Morgan fingerprint density at radius 3 is 2.22 bits per heavy atom. The van der Waals surface area contributed by atoms with Gasteiger partial charge in [0.05, 0.1) is 17.1 Å². The van der Waals surface area contributed by atoms with Gasteiger partial charge in [-0.2, -0.15) is 5.26 Å². The Morgan fingerprint density at radius 1 is 0.757 bits per heavy atom. The average Bonchev–Trinajstić information content (AvgIpc) is 2.95. The maximum atomic E-state index is 12.8. The molecule has 3 aromatic heterocycles. The van der Waals surface area contributed by atoms with E-state index in [4.69, 9.17) is 0 Å². The van der Waals surface area contributed by atoms with Crippen LogP contribution in [0.1, 0.15) is 29.8 Å². The smallest absolute Gasteiger partial charge is 0.255 e. The number of nitrogens with one attached hydrogen (secondary N) is 3. The lowest BCUT2D eigenvalue weighted by molar-refractivity contribution is 0.102. The molecule has 0 aliphatic rings. The molecule has 8 heteroatoms. The number of rotatable bonds is 6. The molecule has 0 unspecified atom stereocenters. The molecule has 0 saturated carbocycles. The van der Waals surface area contributed by atoms with E-state index in [1.165, 1.54) is 0 Å². The Bertz CT molecular complexity index is 1540. The molecule has 2 aromatic carbocycles. The fraction of sp³-hybridized carbons (Fsp3) is 0.0690. The normalized spacial score (nSPS) is 9.97. The van der Waals surface area contributed by atoms with Crippen molar-refractivity contribution in [2.45, 2.75) is 13.8 Å². The highest BCUT2D eigenvalue weighted by molar-refractivity contribution is 6.04. The van der Waals surface area contributed by atoms with Gasteiger partial charge in [0.2, 0.25) is 0 Å². The zero-order valence-corrected chi connectivity index (χ0v) is 20.4. The van der Waals surface area contributed by atoms with E-state index < -0.39 is 0 Å². The minimum Gasteiger partial charge on any atom is -0.355 e. The third-order valence-electron chi connectivity index (χ3n) is 5.27. The molecule has 0 fully saturated rings. The molecule has 0 atom stereocenters. The molecule has 0 bridgehead atoms. The SMILES string of the molecule is CC.N#Cc1ccc2nccc(Nc3ccc(C(=O)Nc4ccnc(Nc5ccncc5)c4)cc3)c2c1. The first-order chi connectivity index (χ1) is 18.2. The van der Waals surface area contributed by atoms with Gasteiger partial charge in [-0.1, -0.05) is 13.8 Å². The highest BCUT2D eigenvalue weighted by atomic mass is 16.1. The number of fused-ring (bicyclic) bond motifs is 1. The molecule has 0 spiro atoms. The second-order valence-corrected chi connectivity index (χ2v) is 7.65. The van der Waals surface area contributed by atoms with Gasteiger partial charge in [-0.05, 0) is 66.7 Å². The first kappa shape index (κ1) is 24.8. The first-order valence-corrected chi connectivity index (χ1v) is 11.8. The lowest BCUT2D eigenvalue weighted by Gasteiger charge is -2.11. The van der Waals surface area contributed by atoms with E-state index in [1.54, 1.807) is 61.2 Å². The minimum atomic E-state index is -0.231. The van der Waals surface area contributed by atoms with Crippen LogP contribution in [-0.2, 0) is 0 Å². The predicted octanol–water partition coefficient (Wildman–Crippen LogP) is 6.66. The quantitative estimate of drug-likeness (QED) is 0.245. The fourth-order valence-electron chi connectivity index (χ4n) is 3.55. The van der Waals surface area contributed by atoms with Crippen molar-refractivity contribution in [2.75, 3.05) is 16.0 Å². The Labute approximate surface area is 215 Å². The molecule has 5 rings (SSSR count). The Kier molecular flexibility index (Phi) is 7.99. The number of benzene rings is 2. The Hall–Kier alpha value is -5.29. The molecule has 3 heterocycles. The number of carbonyl (C=O) groups excluding carboxylic acids is 1. The lowest BCUT2D eigenvalue weighted by Crippen LogP contribution is -2.12. The predicted molar refractivity (Wildman–Crippen MR) is 147 cm³/mol. The van der Waals surface area contributed by atoms with E-state index >= 15 is 0 Å². The standard InChI is InChI=1S/C27H19N7O.C2H6/c28-17-18-1-6-24-23(15-18)25(10-14-30-24)32-20-4-2-19(3-5-20)27(35)34-22-9-13-31-26(16-22)33-21-7-11-29-12-8-21;1-2/h1-16H,(H,30,32)(H2,29,31,33,34,35);1-2H3. The van der Waals surface area contributed by atoms with E-state index in [0.29, 0.717) is 22.6 Å². The van der Waals surface area contributed by atoms with Crippen molar-refractivity contribution in [1.29, 1.82) is 5.26 Å². The monoisotopic (exact) mass is 487 g/mol. The molecule has 5 aromatic rings. The summed E-state index contributed by atoms with van der Waals surface area (Å²) in [6.07, 6.45) is 6.72. The number of pyridine rings is 3. The highest BCUT2D eigenvalue weighted by Crippen LogP contribution is 2.26. The van der Waals surface area contributed by atoms with Gasteiger partial charge in [0.15, 0.2) is 0 Å². The summed E-state index contributed by atoms with van der Waals surface area (Å²) in [5.41, 5.74) is 4.99. The first-order valence-electron chi connectivity index (χ1n) is 11.8. The van der Waals surface area contributed by atoms with Crippen LogP contribution in [0.25, 0.3) is 10.9 Å². The van der Waals surface area contributed by atoms with Crippen molar-refractivity contribution >= 4 is 45.4 Å². The fourth-order valence-corrected chi connectivity index (χ4v) is 3.55. The van der Waals surface area contributed by atoms with Crippen LogP contribution in [0.3, 0.4) is 0 Å². The number of aromatic nitrogens is 3. The second kappa shape index (κ2) is 11.9. The maximum Gasteiger partial charge on any atom is 0.255 e. The number of nitrogens with zero attached hydrogens (tertiary/aromatic N) is 4. The topological polar surface area (TPSA) is 116 Å². The number of carbonyl (C=O) groups is 1. The summed E-state index contributed by atoms with van der Waals surface area (Å²) in [4.78, 5) is 25.4.